The van der Waals surface area contributed by atoms with E-state index in [0.717, 1.165) is 22.6 Å². The molecule has 8 heteroatoms. The molecule has 1 amide bonds. The number of pyridine rings is 1. The van der Waals surface area contributed by atoms with Crippen LogP contribution in [0.3, 0.4) is 0 Å². The van der Waals surface area contributed by atoms with E-state index in [9.17, 15) is 10.1 Å². The van der Waals surface area contributed by atoms with Crippen molar-refractivity contribution in [3.63, 3.8) is 0 Å². The minimum atomic E-state index is -0.130. The summed E-state index contributed by atoms with van der Waals surface area (Å²) in [7, 11) is 4.78. The standard InChI is InChI=1S/C30H27N3O4S/c1-35-22-11-9-21(10-12-22)32-29(34)15-16-38-30-26(19-31)24(18-27(33-30)20-7-5-4-6-8-20)25-17-23(36-2)13-14-28(25)37-3/h4-14,17-18H,15-16H2,1-3H3,(H,32,34). The summed E-state index contributed by atoms with van der Waals surface area (Å²) >= 11 is 1.37. The second-order valence-electron chi connectivity index (χ2n) is 8.15. The summed E-state index contributed by atoms with van der Waals surface area (Å²) in [6, 6.07) is 26.6. The zero-order valence-corrected chi connectivity index (χ0v) is 22.2. The third-order valence-electron chi connectivity index (χ3n) is 5.81. The maximum atomic E-state index is 12.6. The van der Waals surface area contributed by atoms with Gasteiger partial charge in [-0.3, -0.25) is 4.79 Å². The zero-order chi connectivity index (χ0) is 26.9. The number of amides is 1. The van der Waals surface area contributed by atoms with Crippen LogP contribution in [0.2, 0.25) is 0 Å². The summed E-state index contributed by atoms with van der Waals surface area (Å²) < 4.78 is 16.2. The summed E-state index contributed by atoms with van der Waals surface area (Å²) in [6.07, 6.45) is 0.247. The van der Waals surface area contributed by atoms with Crippen molar-refractivity contribution >= 4 is 23.4 Å². The number of hydrogen-bond acceptors (Lipinski definition) is 7. The predicted molar refractivity (Wildman–Crippen MR) is 150 cm³/mol. The van der Waals surface area contributed by atoms with Gasteiger partial charge in [0.2, 0.25) is 5.91 Å². The molecule has 38 heavy (non-hydrogen) atoms. The summed E-state index contributed by atoms with van der Waals surface area (Å²) in [5, 5.41) is 13.6. The lowest BCUT2D eigenvalue weighted by Gasteiger charge is -2.15. The van der Waals surface area contributed by atoms with Gasteiger partial charge in [-0.05, 0) is 48.5 Å². The fourth-order valence-electron chi connectivity index (χ4n) is 3.87. The van der Waals surface area contributed by atoms with Crippen LogP contribution < -0.4 is 19.5 Å². The molecule has 0 unspecified atom stereocenters. The van der Waals surface area contributed by atoms with Crippen LogP contribution in [0.4, 0.5) is 5.69 Å². The van der Waals surface area contributed by atoms with Gasteiger partial charge in [0.15, 0.2) is 0 Å². The Morgan fingerprint density at radius 1 is 0.895 bits per heavy atom. The fraction of sp³-hybridized carbons (Fsp3) is 0.167. The first kappa shape index (κ1) is 26.6. The minimum absolute atomic E-state index is 0.130. The molecule has 0 aliphatic carbocycles. The van der Waals surface area contributed by atoms with Crippen molar-refractivity contribution in [2.45, 2.75) is 11.4 Å². The van der Waals surface area contributed by atoms with Crippen molar-refractivity contribution in [2.75, 3.05) is 32.4 Å². The van der Waals surface area contributed by atoms with E-state index < -0.39 is 0 Å². The van der Waals surface area contributed by atoms with Gasteiger partial charge in [0.25, 0.3) is 0 Å². The zero-order valence-electron chi connectivity index (χ0n) is 21.4. The van der Waals surface area contributed by atoms with E-state index in [2.05, 4.69) is 11.4 Å². The Morgan fingerprint density at radius 2 is 1.61 bits per heavy atom. The first-order valence-corrected chi connectivity index (χ1v) is 12.8. The Balaban J connectivity index is 1.64. The molecule has 1 heterocycles. The summed E-state index contributed by atoms with van der Waals surface area (Å²) in [5.74, 6) is 2.29. The third kappa shape index (κ3) is 6.25. The lowest BCUT2D eigenvalue weighted by Crippen LogP contribution is -2.12. The number of nitriles is 1. The van der Waals surface area contributed by atoms with Gasteiger partial charge >= 0.3 is 0 Å². The number of ether oxygens (including phenoxy) is 3. The highest BCUT2D eigenvalue weighted by Gasteiger charge is 2.19. The lowest BCUT2D eigenvalue weighted by atomic mass is 9.98. The smallest absolute Gasteiger partial charge is 0.225 e. The summed E-state index contributed by atoms with van der Waals surface area (Å²) in [4.78, 5) is 17.4. The number of rotatable bonds is 10. The highest BCUT2D eigenvalue weighted by Crippen LogP contribution is 2.40. The Kier molecular flexibility index (Phi) is 8.85. The molecule has 0 radical (unpaired) electrons. The van der Waals surface area contributed by atoms with Crippen LogP contribution in [-0.4, -0.2) is 38.0 Å². The number of thioether (sulfide) groups is 1. The van der Waals surface area contributed by atoms with Crippen molar-refractivity contribution in [3.8, 4) is 45.7 Å². The SMILES string of the molecule is COc1ccc(NC(=O)CCSc2nc(-c3ccccc3)cc(-c3cc(OC)ccc3OC)c2C#N)cc1. The second-order valence-corrected chi connectivity index (χ2v) is 9.24. The normalized spacial score (nSPS) is 10.4. The van der Waals surface area contributed by atoms with E-state index in [1.807, 2.05) is 54.6 Å². The molecule has 3 aromatic carbocycles. The van der Waals surface area contributed by atoms with Crippen molar-refractivity contribution < 1.29 is 19.0 Å². The van der Waals surface area contributed by atoms with Crippen LogP contribution >= 0.6 is 11.8 Å². The summed E-state index contributed by atoms with van der Waals surface area (Å²) in [6.45, 7) is 0. The van der Waals surface area contributed by atoms with Gasteiger partial charge in [0.05, 0.1) is 32.6 Å². The highest BCUT2D eigenvalue weighted by atomic mass is 32.2. The Morgan fingerprint density at radius 3 is 2.26 bits per heavy atom. The number of benzene rings is 3. The molecule has 0 spiro atoms. The van der Waals surface area contributed by atoms with E-state index >= 15 is 0 Å². The molecular formula is C30H27N3O4S. The van der Waals surface area contributed by atoms with Crippen LogP contribution in [0.25, 0.3) is 22.4 Å². The van der Waals surface area contributed by atoms with Gasteiger partial charge < -0.3 is 19.5 Å². The number of anilines is 1. The van der Waals surface area contributed by atoms with Gasteiger partial charge in [-0.2, -0.15) is 5.26 Å². The molecule has 1 aromatic heterocycles. The molecule has 0 aliphatic rings. The van der Waals surface area contributed by atoms with Crippen LogP contribution in [-0.2, 0) is 4.79 Å². The van der Waals surface area contributed by atoms with Gasteiger partial charge in [0, 0.05) is 34.6 Å². The Hall–Kier alpha value is -4.48. The number of nitrogens with one attached hydrogen (secondary N) is 1. The molecule has 0 atom stereocenters. The van der Waals surface area contributed by atoms with Crippen molar-refractivity contribution in [3.05, 3.63) is 84.4 Å². The molecule has 192 valence electrons. The number of nitrogens with zero attached hydrogens (tertiary/aromatic N) is 2. The van der Waals surface area contributed by atoms with Crippen LogP contribution in [0.1, 0.15) is 12.0 Å². The topological polar surface area (TPSA) is 93.5 Å². The molecule has 0 bridgehead atoms. The monoisotopic (exact) mass is 525 g/mol. The minimum Gasteiger partial charge on any atom is -0.497 e. The number of methoxy groups -OCH3 is 3. The average Bonchev–Trinajstić information content (AvgIpc) is 2.97. The van der Waals surface area contributed by atoms with Gasteiger partial charge in [-0.25, -0.2) is 4.98 Å². The van der Waals surface area contributed by atoms with Crippen molar-refractivity contribution in [1.82, 2.24) is 4.98 Å². The highest BCUT2D eigenvalue weighted by molar-refractivity contribution is 7.99. The molecule has 1 N–H and O–H groups in total. The number of hydrogen-bond donors (Lipinski definition) is 1. The Bertz CT molecular complexity index is 1450. The number of carbonyl (C=O) groups is 1. The van der Waals surface area contributed by atoms with E-state index in [1.165, 1.54) is 11.8 Å². The molecule has 0 saturated heterocycles. The maximum Gasteiger partial charge on any atom is 0.225 e. The summed E-state index contributed by atoms with van der Waals surface area (Å²) in [5.41, 5.74) is 4.14. The average molecular weight is 526 g/mol. The van der Waals surface area contributed by atoms with E-state index in [1.54, 1.807) is 45.6 Å². The molecule has 4 aromatic rings. The molecule has 0 saturated carbocycles. The third-order valence-corrected chi connectivity index (χ3v) is 6.78. The van der Waals surface area contributed by atoms with Crippen LogP contribution in [0, 0.1) is 11.3 Å². The van der Waals surface area contributed by atoms with Crippen LogP contribution in [0.15, 0.2) is 83.9 Å². The van der Waals surface area contributed by atoms with Gasteiger partial charge in [-0.15, -0.1) is 11.8 Å². The first-order valence-electron chi connectivity index (χ1n) is 11.9. The largest absolute Gasteiger partial charge is 0.497 e. The number of carbonyl (C=O) groups excluding carboxylic acids is 1. The molecule has 7 nitrogen and oxygen atoms in total. The van der Waals surface area contributed by atoms with Crippen LogP contribution in [0.5, 0.6) is 17.2 Å². The predicted octanol–water partition coefficient (Wildman–Crippen LogP) is 6.43. The Labute approximate surface area is 226 Å². The molecule has 0 fully saturated rings. The lowest BCUT2D eigenvalue weighted by molar-refractivity contribution is -0.115. The van der Waals surface area contributed by atoms with E-state index in [-0.39, 0.29) is 12.3 Å². The van der Waals surface area contributed by atoms with Crippen molar-refractivity contribution in [1.29, 1.82) is 5.26 Å². The molecule has 0 aliphatic heterocycles. The van der Waals surface area contributed by atoms with Crippen molar-refractivity contribution in [2.24, 2.45) is 0 Å². The van der Waals surface area contributed by atoms with Gasteiger partial charge in [-0.1, -0.05) is 30.3 Å². The van der Waals surface area contributed by atoms with Gasteiger partial charge in [0.1, 0.15) is 28.3 Å². The number of aromatic nitrogens is 1. The molecule has 4 rings (SSSR count). The second kappa shape index (κ2) is 12.7. The quantitative estimate of drug-likeness (QED) is 0.238. The van der Waals surface area contributed by atoms with E-state index in [0.29, 0.717) is 39.1 Å². The fourth-order valence-corrected chi connectivity index (χ4v) is 4.81. The maximum absolute atomic E-state index is 12.6. The van der Waals surface area contributed by atoms with E-state index in [4.69, 9.17) is 19.2 Å². The first-order chi connectivity index (χ1) is 18.6. The molecular weight excluding hydrogens is 498 g/mol.